The van der Waals surface area contributed by atoms with Crippen LogP contribution < -0.4 is 10.6 Å². The number of carbonyl (C=O) groups is 2. The second-order valence-electron chi connectivity index (χ2n) is 9.73. The maximum Gasteiger partial charge on any atom is 0.251 e. The summed E-state index contributed by atoms with van der Waals surface area (Å²) in [6.45, 7) is 11.9. The fourth-order valence-corrected chi connectivity index (χ4v) is 5.80. The zero-order valence-electron chi connectivity index (χ0n) is 20.6. The Bertz CT molecular complexity index is 960. The molecule has 2 atom stereocenters. The zero-order valence-corrected chi connectivity index (χ0v) is 21.4. The number of sulfonamides is 1. The van der Waals surface area contributed by atoms with Gasteiger partial charge in [-0.05, 0) is 56.8 Å². The van der Waals surface area contributed by atoms with Crippen LogP contribution in [0.3, 0.4) is 0 Å². The van der Waals surface area contributed by atoms with E-state index in [0.29, 0.717) is 31.7 Å². The Morgan fingerprint density at radius 1 is 1.12 bits per heavy atom. The minimum atomic E-state index is -3.72. The van der Waals surface area contributed by atoms with Crippen molar-refractivity contribution in [3.05, 3.63) is 29.8 Å². The summed E-state index contributed by atoms with van der Waals surface area (Å²) in [5.74, 6) is -0.417. The van der Waals surface area contributed by atoms with Crippen LogP contribution in [0.15, 0.2) is 29.2 Å². The van der Waals surface area contributed by atoms with Crippen LogP contribution in [0.4, 0.5) is 0 Å². The zero-order chi connectivity index (χ0) is 24.9. The first-order chi connectivity index (χ1) is 16.1. The molecule has 190 valence electrons. The summed E-state index contributed by atoms with van der Waals surface area (Å²) in [5.41, 5.74) is 0.205. The SMILES string of the molecule is CC(C)C(NC(=O)c1cccc(S(=O)(=O)N2CCOCC2)c1)C(=O)NCC1CCN(C(C)C)C1. The van der Waals surface area contributed by atoms with Gasteiger partial charge in [-0.3, -0.25) is 9.59 Å². The highest BCUT2D eigenvalue weighted by Gasteiger charge is 2.30. The van der Waals surface area contributed by atoms with E-state index >= 15 is 0 Å². The summed E-state index contributed by atoms with van der Waals surface area (Å²) in [6, 6.07) is 5.74. The first-order valence-electron chi connectivity index (χ1n) is 12.1. The van der Waals surface area contributed by atoms with Crippen LogP contribution in [0.5, 0.6) is 0 Å². The van der Waals surface area contributed by atoms with Gasteiger partial charge in [0.15, 0.2) is 0 Å². The predicted molar refractivity (Wildman–Crippen MR) is 130 cm³/mol. The number of benzene rings is 1. The van der Waals surface area contributed by atoms with Crippen LogP contribution in [-0.4, -0.2) is 87.5 Å². The molecule has 2 saturated heterocycles. The topological polar surface area (TPSA) is 108 Å². The van der Waals surface area contributed by atoms with Gasteiger partial charge in [0.1, 0.15) is 6.04 Å². The van der Waals surface area contributed by atoms with Gasteiger partial charge >= 0.3 is 0 Å². The molecule has 2 aliphatic heterocycles. The molecule has 1 aromatic carbocycles. The van der Waals surface area contributed by atoms with Crippen molar-refractivity contribution in [3.63, 3.8) is 0 Å². The lowest BCUT2D eigenvalue weighted by Crippen LogP contribution is -2.50. The van der Waals surface area contributed by atoms with Crippen LogP contribution in [0, 0.1) is 11.8 Å². The molecule has 2 aliphatic rings. The van der Waals surface area contributed by atoms with Crippen LogP contribution in [0.1, 0.15) is 44.5 Å². The Balaban J connectivity index is 1.63. The number of nitrogens with one attached hydrogen (secondary N) is 2. The highest BCUT2D eigenvalue weighted by Crippen LogP contribution is 2.20. The van der Waals surface area contributed by atoms with Gasteiger partial charge < -0.3 is 20.3 Å². The van der Waals surface area contributed by atoms with Crippen molar-refractivity contribution >= 4 is 21.8 Å². The highest BCUT2D eigenvalue weighted by atomic mass is 32.2. The van der Waals surface area contributed by atoms with Gasteiger partial charge in [0, 0.05) is 37.8 Å². The molecule has 0 bridgehead atoms. The summed E-state index contributed by atoms with van der Waals surface area (Å²) in [6.07, 6.45) is 1.04. The standard InChI is InChI=1S/C24H38N4O5S/c1-17(2)22(24(30)25-15-19-8-9-27(16-19)18(3)4)26-23(29)20-6-5-7-21(14-20)34(31,32)28-10-12-33-13-11-28/h5-7,14,17-19,22H,8-13,15-16H2,1-4H3,(H,25,30)(H,26,29). The lowest BCUT2D eigenvalue weighted by molar-refractivity contribution is -0.124. The molecule has 2 unspecified atom stereocenters. The molecule has 3 rings (SSSR count). The third-order valence-corrected chi connectivity index (χ3v) is 8.45. The molecule has 2 N–H and O–H groups in total. The second kappa shape index (κ2) is 11.6. The summed E-state index contributed by atoms with van der Waals surface area (Å²) in [7, 11) is -3.72. The van der Waals surface area contributed by atoms with Crippen LogP contribution in [0.2, 0.25) is 0 Å². The highest BCUT2D eigenvalue weighted by molar-refractivity contribution is 7.89. The minimum absolute atomic E-state index is 0.0588. The summed E-state index contributed by atoms with van der Waals surface area (Å²) >= 11 is 0. The molecule has 2 heterocycles. The monoisotopic (exact) mass is 494 g/mol. The maximum absolute atomic E-state index is 13.0. The molecule has 0 radical (unpaired) electrons. The Hall–Kier alpha value is -2.01. The molecule has 2 amide bonds. The van der Waals surface area contributed by atoms with Crippen LogP contribution in [0.25, 0.3) is 0 Å². The van der Waals surface area contributed by atoms with Gasteiger partial charge in [0.2, 0.25) is 15.9 Å². The fourth-order valence-electron chi connectivity index (χ4n) is 4.35. The van der Waals surface area contributed by atoms with E-state index in [1.165, 1.54) is 16.4 Å². The number of rotatable bonds is 9. The molecule has 10 heteroatoms. The van der Waals surface area contributed by atoms with Crippen molar-refractivity contribution in [3.8, 4) is 0 Å². The Morgan fingerprint density at radius 2 is 1.82 bits per heavy atom. The molecular weight excluding hydrogens is 456 g/mol. The molecule has 0 saturated carbocycles. The average molecular weight is 495 g/mol. The minimum Gasteiger partial charge on any atom is -0.379 e. The van der Waals surface area contributed by atoms with E-state index in [0.717, 1.165) is 19.5 Å². The third-order valence-electron chi connectivity index (χ3n) is 6.55. The van der Waals surface area contributed by atoms with Gasteiger partial charge in [-0.25, -0.2) is 8.42 Å². The Kier molecular flexibility index (Phi) is 9.08. The number of hydrogen-bond acceptors (Lipinski definition) is 6. The van der Waals surface area contributed by atoms with E-state index in [1.807, 2.05) is 13.8 Å². The lowest BCUT2D eigenvalue weighted by atomic mass is 10.0. The number of nitrogens with zero attached hydrogens (tertiary/aromatic N) is 2. The summed E-state index contributed by atoms with van der Waals surface area (Å²) in [4.78, 5) is 28.3. The molecule has 0 spiro atoms. The Morgan fingerprint density at radius 3 is 2.44 bits per heavy atom. The number of carbonyl (C=O) groups excluding carboxylic acids is 2. The number of morpholine rings is 1. The smallest absolute Gasteiger partial charge is 0.251 e. The molecule has 2 fully saturated rings. The van der Waals surface area contributed by atoms with Crippen molar-refractivity contribution in [2.75, 3.05) is 45.9 Å². The van der Waals surface area contributed by atoms with Gasteiger partial charge in [-0.2, -0.15) is 4.31 Å². The molecule has 1 aromatic rings. The second-order valence-corrected chi connectivity index (χ2v) is 11.7. The van der Waals surface area contributed by atoms with Gasteiger partial charge in [0.05, 0.1) is 18.1 Å². The van der Waals surface area contributed by atoms with E-state index in [1.54, 1.807) is 12.1 Å². The number of ether oxygens (including phenoxy) is 1. The van der Waals surface area contributed by atoms with Crippen molar-refractivity contribution < 1.29 is 22.7 Å². The molecule has 34 heavy (non-hydrogen) atoms. The normalized spacial score (nSPS) is 21.1. The average Bonchev–Trinajstić information content (AvgIpc) is 3.31. The van der Waals surface area contributed by atoms with Crippen molar-refractivity contribution in [2.45, 2.75) is 51.1 Å². The van der Waals surface area contributed by atoms with Gasteiger partial charge in [-0.15, -0.1) is 0 Å². The third kappa shape index (κ3) is 6.56. The van der Waals surface area contributed by atoms with E-state index in [9.17, 15) is 18.0 Å². The van der Waals surface area contributed by atoms with Crippen molar-refractivity contribution in [1.29, 1.82) is 0 Å². The maximum atomic E-state index is 13.0. The van der Waals surface area contributed by atoms with Crippen molar-refractivity contribution in [2.24, 2.45) is 11.8 Å². The van der Waals surface area contributed by atoms with Crippen LogP contribution in [-0.2, 0) is 19.6 Å². The number of amides is 2. The fraction of sp³-hybridized carbons (Fsp3) is 0.667. The van der Waals surface area contributed by atoms with E-state index in [2.05, 4.69) is 29.4 Å². The molecular formula is C24H38N4O5S. The predicted octanol–water partition coefficient (Wildman–Crippen LogP) is 1.31. The molecule has 9 nitrogen and oxygen atoms in total. The van der Waals surface area contributed by atoms with Crippen LogP contribution >= 0.6 is 0 Å². The van der Waals surface area contributed by atoms with E-state index < -0.39 is 22.0 Å². The molecule has 0 aliphatic carbocycles. The summed E-state index contributed by atoms with van der Waals surface area (Å²) in [5, 5.41) is 5.81. The van der Waals surface area contributed by atoms with Crippen molar-refractivity contribution in [1.82, 2.24) is 19.8 Å². The van der Waals surface area contributed by atoms with E-state index in [-0.39, 0.29) is 35.4 Å². The Labute approximate surface area is 203 Å². The number of hydrogen-bond donors (Lipinski definition) is 2. The summed E-state index contributed by atoms with van der Waals surface area (Å²) < 4.78 is 32.5. The molecule has 0 aromatic heterocycles. The lowest BCUT2D eigenvalue weighted by Gasteiger charge is -2.26. The van der Waals surface area contributed by atoms with Gasteiger partial charge in [0.25, 0.3) is 5.91 Å². The quantitative estimate of drug-likeness (QED) is 0.536. The van der Waals surface area contributed by atoms with E-state index in [4.69, 9.17) is 4.74 Å². The first-order valence-corrected chi connectivity index (χ1v) is 13.5. The number of likely N-dealkylation sites (tertiary alicyclic amines) is 1. The largest absolute Gasteiger partial charge is 0.379 e. The first kappa shape index (κ1) is 26.6. The van der Waals surface area contributed by atoms with Gasteiger partial charge in [-0.1, -0.05) is 19.9 Å².